The van der Waals surface area contributed by atoms with Gasteiger partial charge in [0.1, 0.15) is 23.0 Å². The van der Waals surface area contributed by atoms with Crippen LogP contribution >= 0.6 is 0 Å². The van der Waals surface area contributed by atoms with Crippen molar-refractivity contribution in [1.29, 1.82) is 0 Å². The van der Waals surface area contributed by atoms with Crippen LogP contribution in [0.5, 0.6) is 5.75 Å². The lowest BCUT2D eigenvalue weighted by Gasteiger charge is -2.26. The largest absolute Gasteiger partial charge is 0.507 e. The zero-order chi connectivity index (χ0) is 20.7. The number of methoxy groups -OCH3 is 1. The molecule has 6 nitrogen and oxygen atoms in total. The number of ether oxygens (including phenoxy) is 1. The van der Waals surface area contributed by atoms with Crippen LogP contribution in [-0.2, 0) is 4.74 Å². The Bertz CT molecular complexity index is 1090. The molecule has 1 amide bonds. The van der Waals surface area contributed by atoms with Gasteiger partial charge in [0, 0.05) is 30.3 Å². The van der Waals surface area contributed by atoms with Crippen LogP contribution in [0.2, 0.25) is 0 Å². The summed E-state index contributed by atoms with van der Waals surface area (Å²) in [5.74, 6) is -0.578. The second-order valence-electron chi connectivity index (χ2n) is 7.25. The smallest absolute Gasteiger partial charge is 0.273 e. The number of aromatic nitrogens is 2. The molecule has 1 aromatic heterocycles. The van der Waals surface area contributed by atoms with Gasteiger partial charge in [-0.2, -0.15) is 5.10 Å². The third-order valence-corrected chi connectivity index (χ3v) is 5.30. The Morgan fingerprint density at radius 1 is 1.28 bits per heavy atom. The van der Waals surface area contributed by atoms with Crippen LogP contribution in [-0.4, -0.2) is 46.4 Å². The van der Waals surface area contributed by atoms with E-state index in [1.807, 2.05) is 26.0 Å². The summed E-state index contributed by atoms with van der Waals surface area (Å²) in [5.41, 5.74) is 3.88. The molecule has 0 bridgehead atoms. The molecule has 2 N–H and O–H groups in total. The Morgan fingerprint density at radius 3 is 2.76 bits per heavy atom. The van der Waals surface area contributed by atoms with E-state index >= 15 is 0 Å². The van der Waals surface area contributed by atoms with E-state index in [4.69, 9.17) is 4.74 Å². The van der Waals surface area contributed by atoms with E-state index < -0.39 is 11.9 Å². The summed E-state index contributed by atoms with van der Waals surface area (Å²) in [7, 11) is 1.55. The molecule has 29 heavy (non-hydrogen) atoms. The summed E-state index contributed by atoms with van der Waals surface area (Å²) in [4.78, 5) is 14.7. The summed E-state index contributed by atoms with van der Waals surface area (Å²) >= 11 is 0. The standard InChI is InChI=1S/C22H22FN3O3/c1-12-10-13(2)21(27)15(11-12)18-17-19(25-24-18)22(28)26(8-9-29-3)20(17)14-6-4-5-7-16(14)23/h4-7,10-11,20,27H,8-9H2,1-3H3,(H,24,25). The molecule has 1 aliphatic rings. The molecule has 0 saturated carbocycles. The molecule has 2 heterocycles. The molecule has 0 saturated heterocycles. The van der Waals surface area contributed by atoms with E-state index in [0.29, 0.717) is 46.8 Å². The lowest BCUT2D eigenvalue weighted by molar-refractivity contribution is 0.0675. The topological polar surface area (TPSA) is 78.5 Å². The van der Waals surface area contributed by atoms with Gasteiger partial charge in [-0.1, -0.05) is 24.3 Å². The second kappa shape index (κ2) is 7.33. The van der Waals surface area contributed by atoms with Crippen molar-refractivity contribution in [2.75, 3.05) is 20.3 Å². The molecule has 1 aliphatic heterocycles. The van der Waals surface area contributed by atoms with Crippen LogP contribution in [0.4, 0.5) is 4.39 Å². The maximum atomic E-state index is 14.8. The number of phenolic OH excluding ortho intramolecular Hbond substituents is 1. The number of nitrogens with one attached hydrogen (secondary N) is 1. The molecule has 2 aromatic carbocycles. The fraction of sp³-hybridized carbons (Fsp3) is 0.273. The van der Waals surface area contributed by atoms with E-state index in [0.717, 1.165) is 5.56 Å². The van der Waals surface area contributed by atoms with Gasteiger partial charge in [0.25, 0.3) is 5.91 Å². The Balaban J connectivity index is 1.94. The predicted molar refractivity (Wildman–Crippen MR) is 106 cm³/mol. The molecule has 0 radical (unpaired) electrons. The third-order valence-electron chi connectivity index (χ3n) is 5.30. The molecular formula is C22H22FN3O3. The number of halogens is 1. The summed E-state index contributed by atoms with van der Waals surface area (Å²) in [5, 5.41) is 17.8. The number of aryl methyl sites for hydroxylation is 2. The average Bonchev–Trinajstić information content (AvgIpc) is 3.23. The molecule has 150 valence electrons. The highest BCUT2D eigenvalue weighted by Gasteiger charge is 2.43. The first-order valence-corrected chi connectivity index (χ1v) is 9.37. The van der Waals surface area contributed by atoms with Gasteiger partial charge in [-0.15, -0.1) is 0 Å². The molecule has 4 rings (SSSR count). The Labute approximate surface area is 167 Å². The third kappa shape index (κ3) is 3.07. The van der Waals surface area contributed by atoms with Gasteiger partial charge in [-0.25, -0.2) is 4.39 Å². The number of benzene rings is 2. The number of hydrogen-bond donors (Lipinski definition) is 2. The van der Waals surface area contributed by atoms with Crippen LogP contribution in [0.1, 0.15) is 38.8 Å². The van der Waals surface area contributed by atoms with Crippen LogP contribution in [0.15, 0.2) is 36.4 Å². The van der Waals surface area contributed by atoms with Gasteiger partial charge < -0.3 is 14.7 Å². The van der Waals surface area contributed by atoms with Crippen molar-refractivity contribution >= 4 is 5.91 Å². The van der Waals surface area contributed by atoms with Gasteiger partial charge >= 0.3 is 0 Å². The van der Waals surface area contributed by atoms with E-state index in [2.05, 4.69) is 10.2 Å². The predicted octanol–water partition coefficient (Wildman–Crippen LogP) is 3.73. The number of carbonyl (C=O) groups excluding carboxylic acids is 1. The zero-order valence-corrected chi connectivity index (χ0v) is 16.5. The number of carbonyl (C=O) groups is 1. The Hall–Kier alpha value is -3.19. The fourth-order valence-corrected chi connectivity index (χ4v) is 3.98. The molecule has 1 atom stereocenters. The summed E-state index contributed by atoms with van der Waals surface area (Å²) in [6, 6.07) is 9.42. The number of aromatic hydroxyl groups is 1. The number of amides is 1. The van der Waals surface area contributed by atoms with Gasteiger partial charge in [0.2, 0.25) is 0 Å². The molecule has 0 aliphatic carbocycles. The van der Waals surface area contributed by atoms with E-state index in [1.54, 1.807) is 30.2 Å². The highest BCUT2D eigenvalue weighted by atomic mass is 19.1. The molecular weight excluding hydrogens is 373 g/mol. The number of H-pyrrole nitrogens is 1. The van der Waals surface area contributed by atoms with Gasteiger partial charge in [-0.05, 0) is 37.1 Å². The monoisotopic (exact) mass is 395 g/mol. The molecule has 1 unspecified atom stereocenters. The minimum Gasteiger partial charge on any atom is -0.507 e. The molecule has 7 heteroatoms. The first-order valence-electron chi connectivity index (χ1n) is 9.37. The van der Waals surface area contributed by atoms with E-state index in [1.165, 1.54) is 6.07 Å². The van der Waals surface area contributed by atoms with E-state index in [-0.39, 0.29) is 11.7 Å². The first kappa shape index (κ1) is 19.1. The average molecular weight is 395 g/mol. The number of fused-ring (bicyclic) bond motifs is 1. The van der Waals surface area contributed by atoms with Crippen LogP contribution in [0.3, 0.4) is 0 Å². The zero-order valence-electron chi connectivity index (χ0n) is 16.5. The highest BCUT2D eigenvalue weighted by molar-refractivity contribution is 6.00. The van der Waals surface area contributed by atoms with Crippen molar-refractivity contribution in [3.8, 4) is 17.0 Å². The van der Waals surface area contributed by atoms with E-state index in [9.17, 15) is 14.3 Å². The Kier molecular flexibility index (Phi) is 4.84. The number of phenols is 1. The lowest BCUT2D eigenvalue weighted by atomic mass is 9.94. The molecule has 3 aromatic rings. The maximum absolute atomic E-state index is 14.8. The Morgan fingerprint density at radius 2 is 2.03 bits per heavy atom. The van der Waals surface area contributed by atoms with Gasteiger partial charge in [0.05, 0.1) is 12.6 Å². The minimum atomic E-state index is -0.664. The maximum Gasteiger partial charge on any atom is 0.273 e. The van der Waals surface area contributed by atoms with Crippen LogP contribution < -0.4 is 0 Å². The van der Waals surface area contributed by atoms with Crippen LogP contribution in [0.25, 0.3) is 11.3 Å². The van der Waals surface area contributed by atoms with Gasteiger partial charge in [0.15, 0.2) is 0 Å². The van der Waals surface area contributed by atoms with Crippen molar-refractivity contribution < 1.29 is 19.0 Å². The lowest BCUT2D eigenvalue weighted by Crippen LogP contribution is -2.33. The van der Waals surface area contributed by atoms with Crippen molar-refractivity contribution in [3.63, 3.8) is 0 Å². The number of rotatable bonds is 5. The summed E-state index contributed by atoms with van der Waals surface area (Å²) < 4.78 is 19.9. The number of hydrogen-bond acceptors (Lipinski definition) is 4. The van der Waals surface area contributed by atoms with Crippen molar-refractivity contribution in [2.24, 2.45) is 0 Å². The molecule has 0 spiro atoms. The summed E-state index contributed by atoms with van der Waals surface area (Å²) in [6.45, 7) is 4.35. The highest BCUT2D eigenvalue weighted by Crippen LogP contribution is 2.45. The van der Waals surface area contributed by atoms with Crippen molar-refractivity contribution in [1.82, 2.24) is 15.1 Å². The fourth-order valence-electron chi connectivity index (χ4n) is 3.98. The summed E-state index contributed by atoms with van der Waals surface area (Å²) in [6.07, 6.45) is 0. The second-order valence-corrected chi connectivity index (χ2v) is 7.25. The minimum absolute atomic E-state index is 0.0972. The van der Waals surface area contributed by atoms with Gasteiger partial charge in [-0.3, -0.25) is 9.89 Å². The quantitative estimate of drug-likeness (QED) is 0.690. The number of aromatic amines is 1. The van der Waals surface area contributed by atoms with Crippen molar-refractivity contribution in [2.45, 2.75) is 19.9 Å². The molecule has 0 fully saturated rings. The SMILES string of the molecule is COCCN1C(=O)c2[nH]nc(-c3cc(C)cc(C)c3O)c2C1c1ccccc1F. The number of nitrogens with zero attached hydrogens (tertiary/aromatic N) is 2. The first-order chi connectivity index (χ1) is 13.9. The van der Waals surface area contributed by atoms with Crippen LogP contribution in [0, 0.1) is 19.7 Å². The van der Waals surface area contributed by atoms with Crippen molar-refractivity contribution in [3.05, 3.63) is 70.2 Å². The normalized spacial score (nSPS) is 15.8.